The molecule has 5 heterocycles. The number of piperidine rings is 2. The second-order valence-corrected chi connectivity index (χ2v) is 10.5. The number of carbonyl (C=O) groups excluding carboxylic acids is 1. The van der Waals surface area contributed by atoms with E-state index in [9.17, 15) is 13.6 Å². The molecule has 1 aromatic carbocycles. The minimum absolute atomic E-state index is 0.0834. The van der Waals surface area contributed by atoms with Gasteiger partial charge in [-0.15, -0.1) is 0 Å². The van der Waals surface area contributed by atoms with Crippen molar-refractivity contribution in [1.82, 2.24) is 24.3 Å². The zero-order valence-corrected chi connectivity index (χ0v) is 22.5. The van der Waals surface area contributed by atoms with Crippen LogP contribution in [0.5, 0.6) is 0 Å². The van der Waals surface area contributed by atoms with Crippen LogP contribution in [0.15, 0.2) is 59.5 Å². The Labute approximate surface area is 227 Å². The van der Waals surface area contributed by atoms with Crippen molar-refractivity contribution in [2.75, 3.05) is 26.2 Å². The molecule has 2 aliphatic rings. The van der Waals surface area contributed by atoms with Crippen LogP contribution >= 0.6 is 0 Å². The molecule has 0 radical (unpaired) electrons. The summed E-state index contributed by atoms with van der Waals surface area (Å²) in [5.41, 5.74) is 3.34. The predicted octanol–water partition coefficient (Wildman–Crippen LogP) is 5.68. The molecular formula is C30H35F2N5O2. The molecule has 0 bridgehead atoms. The van der Waals surface area contributed by atoms with Gasteiger partial charge >= 0.3 is 0 Å². The SMILES string of the molecule is Cc1ccccn1.Cc1nc2cc(F)c(F)cc2n1C1CCN(C(=O)C2CCN(Cc3ccoc3)CC2)CC1. The van der Waals surface area contributed by atoms with Gasteiger partial charge in [-0.25, -0.2) is 13.8 Å². The summed E-state index contributed by atoms with van der Waals surface area (Å²) >= 11 is 0. The van der Waals surface area contributed by atoms with Crippen LogP contribution in [0.3, 0.4) is 0 Å². The quantitative estimate of drug-likeness (QED) is 0.336. The van der Waals surface area contributed by atoms with Crippen molar-refractivity contribution in [3.8, 4) is 0 Å². The second-order valence-electron chi connectivity index (χ2n) is 10.5. The van der Waals surface area contributed by atoms with Gasteiger partial charge in [0.15, 0.2) is 11.6 Å². The van der Waals surface area contributed by atoms with E-state index in [1.165, 1.54) is 11.6 Å². The molecule has 2 saturated heterocycles. The van der Waals surface area contributed by atoms with E-state index in [1.807, 2.05) is 47.6 Å². The summed E-state index contributed by atoms with van der Waals surface area (Å²) in [6.45, 7) is 7.90. The number of aromatic nitrogens is 3. The number of furan rings is 1. The molecule has 206 valence electrons. The molecule has 6 rings (SSSR count). The Morgan fingerprint density at radius 2 is 1.74 bits per heavy atom. The van der Waals surface area contributed by atoms with Crippen molar-refractivity contribution >= 4 is 16.9 Å². The van der Waals surface area contributed by atoms with E-state index in [0.717, 1.165) is 62.9 Å². The van der Waals surface area contributed by atoms with Crippen LogP contribution in [-0.4, -0.2) is 56.4 Å². The van der Waals surface area contributed by atoms with Gasteiger partial charge in [0, 0.05) is 61.2 Å². The highest BCUT2D eigenvalue weighted by molar-refractivity contribution is 5.79. The second kappa shape index (κ2) is 12.1. The molecule has 7 nitrogen and oxygen atoms in total. The van der Waals surface area contributed by atoms with Crippen molar-refractivity contribution < 1.29 is 18.0 Å². The van der Waals surface area contributed by atoms with Gasteiger partial charge in [0.1, 0.15) is 5.82 Å². The number of hydrogen-bond acceptors (Lipinski definition) is 5. The van der Waals surface area contributed by atoms with Crippen molar-refractivity contribution in [2.45, 2.75) is 52.1 Å². The van der Waals surface area contributed by atoms with Crippen LogP contribution in [0.2, 0.25) is 0 Å². The number of amides is 1. The minimum atomic E-state index is -0.877. The first-order valence-corrected chi connectivity index (χ1v) is 13.6. The van der Waals surface area contributed by atoms with E-state index in [2.05, 4.69) is 14.9 Å². The average molecular weight is 536 g/mol. The van der Waals surface area contributed by atoms with Crippen LogP contribution in [0.25, 0.3) is 11.0 Å². The van der Waals surface area contributed by atoms with E-state index in [-0.39, 0.29) is 17.9 Å². The Balaban J connectivity index is 0.000000384. The molecule has 3 aromatic heterocycles. The van der Waals surface area contributed by atoms with E-state index >= 15 is 0 Å². The molecule has 0 atom stereocenters. The molecule has 2 aliphatic heterocycles. The lowest BCUT2D eigenvalue weighted by Gasteiger charge is -2.37. The number of nitrogens with zero attached hydrogens (tertiary/aromatic N) is 5. The molecule has 0 saturated carbocycles. The summed E-state index contributed by atoms with van der Waals surface area (Å²) in [5, 5.41) is 0. The summed E-state index contributed by atoms with van der Waals surface area (Å²) < 4.78 is 34.6. The van der Waals surface area contributed by atoms with Gasteiger partial charge in [-0.2, -0.15) is 0 Å². The van der Waals surface area contributed by atoms with Crippen LogP contribution in [-0.2, 0) is 11.3 Å². The predicted molar refractivity (Wildman–Crippen MR) is 145 cm³/mol. The molecular weight excluding hydrogens is 500 g/mol. The van der Waals surface area contributed by atoms with Crippen LogP contribution in [0.4, 0.5) is 8.78 Å². The Morgan fingerprint density at radius 1 is 1.00 bits per heavy atom. The fourth-order valence-electron chi connectivity index (χ4n) is 5.70. The summed E-state index contributed by atoms with van der Waals surface area (Å²) in [6, 6.07) is 10.4. The minimum Gasteiger partial charge on any atom is -0.472 e. The maximum absolute atomic E-state index is 13.8. The van der Waals surface area contributed by atoms with E-state index in [0.29, 0.717) is 24.1 Å². The lowest BCUT2D eigenvalue weighted by atomic mass is 9.93. The van der Waals surface area contributed by atoms with Crippen LogP contribution in [0, 0.1) is 31.4 Å². The summed E-state index contributed by atoms with van der Waals surface area (Å²) in [5.74, 6) is -0.643. The molecule has 0 unspecified atom stereocenters. The number of pyridine rings is 1. The fraction of sp³-hybridized carbons (Fsp3) is 0.433. The lowest BCUT2D eigenvalue weighted by Crippen LogP contribution is -2.45. The maximum atomic E-state index is 13.8. The van der Waals surface area contributed by atoms with Crippen LogP contribution < -0.4 is 0 Å². The summed E-state index contributed by atoms with van der Waals surface area (Å²) in [7, 11) is 0. The highest BCUT2D eigenvalue weighted by atomic mass is 19.2. The smallest absolute Gasteiger partial charge is 0.225 e. The van der Waals surface area contributed by atoms with Gasteiger partial charge in [-0.3, -0.25) is 14.7 Å². The Morgan fingerprint density at radius 3 is 2.36 bits per heavy atom. The monoisotopic (exact) mass is 535 g/mol. The molecule has 0 spiro atoms. The first kappa shape index (κ1) is 27.0. The van der Waals surface area contributed by atoms with Crippen molar-refractivity contribution in [2.24, 2.45) is 5.92 Å². The third-order valence-electron chi connectivity index (χ3n) is 7.79. The van der Waals surface area contributed by atoms with E-state index < -0.39 is 11.6 Å². The topological polar surface area (TPSA) is 67.4 Å². The third-order valence-corrected chi connectivity index (χ3v) is 7.79. The normalized spacial score (nSPS) is 17.3. The van der Waals surface area contributed by atoms with E-state index in [1.54, 1.807) is 18.7 Å². The van der Waals surface area contributed by atoms with Gasteiger partial charge in [0.25, 0.3) is 0 Å². The van der Waals surface area contributed by atoms with Gasteiger partial charge in [-0.1, -0.05) is 6.07 Å². The third kappa shape index (κ3) is 6.36. The number of likely N-dealkylation sites (tertiary alicyclic amines) is 2. The number of hydrogen-bond donors (Lipinski definition) is 0. The fourth-order valence-corrected chi connectivity index (χ4v) is 5.70. The van der Waals surface area contributed by atoms with Gasteiger partial charge in [0.2, 0.25) is 5.91 Å². The zero-order valence-electron chi connectivity index (χ0n) is 22.5. The van der Waals surface area contributed by atoms with E-state index in [4.69, 9.17) is 4.42 Å². The highest BCUT2D eigenvalue weighted by Gasteiger charge is 2.32. The lowest BCUT2D eigenvalue weighted by molar-refractivity contribution is -0.138. The number of benzene rings is 1. The largest absolute Gasteiger partial charge is 0.472 e. The number of halogens is 2. The molecule has 0 N–H and O–H groups in total. The zero-order chi connectivity index (χ0) is 27.4. The first-order chi connectivity index (χ1) is 18.9. The number of carbonyl (C=O) groups is 1. The molecule has 1 amide bonds. The van der Waals surface area contributed by atoms with Crippen molar-refractivity contribution in [3.05, 3.63) is 83.8 Å². The van der Waals surface area contributed by atoms with Gasteiger partial charge < -0.3 is 13.9 Å². The average Bonchev–Trinajstić information content (AvgIpc) is 3.57. The number of fused-ring (bicyclic) bond motifs is 1. The molecule has 0 aliphatic carbocycles. The van der Waals surface area contributed by atoms with Gasteiger partial charge in [-0.05, 0) is 70.8 Å². The van der Waals surface area contributed by atoms with Crippen LogP contribution in [0.1, 0.15) is 48.8 Å². The molecule has 39 heavy (non-hydrogen) atoms. The number of imidazole rings is 1. The number of aryl methyl sites for hydroxylation is 2. The van der Waals surface area contributed by atoms with Crippen molar-refractivity contribution in [1.29, 1.82) is 0 Å². The van der Waals surface area contributed by atoms with Crippen molar-refractivity contribution in [3.63, 3.8) is 0 Å². The Hall–Kier alpha value is -3.59. The van der Waals surface area contributed by atoms with Gasteiger partial charge in [0.05, 0.1) is 23.6 Å². The standard InChI is InChI=1S/C24H28F2N4O2.C6H7N/c1-16-27-22-12-20(25)21(26)13-23(22)30(16)19-4-9-29(10-5-19)24(31)18-2-7-28(8-3-18)14-17-6-11-32-15-17;1-6-4-2-3-5-7-6/h6,11-13,15,18-19H,2-5,7-10,14H2,1H3;2-5H,1H3. The summed E-state index contributed by atoms with van der Waals surface area (Å²) in [4.78, 5) is 25.9. The molecule has 9 heteroatoms. The first-order valence-electron chi connectivity index (χ1n) is 13.6. The highest BCUT2D eigenvalue weighted by Crippen LogP contribution is 2.31. The maximum Gasteiger partial charge on any atom is 0.225 e. The Kier molecular flexibility index (Phi) is 8.35. The Bertz CT molecular complexity index is 1370. The number of rotatable bonds is 4. The molecule has 4 aromatic rings. The summed E-state index contributed by atoms with van der Waals surface area (Å²) in [6.07, 6.45) is 8.59. The molecule has 2 fully saturated rings.